The van der Waals surface area contributed by atoms with Gasteiger partial charge in [-0.25, -0.2) is 0 Å². The lowest BCUT2D eigenvalue weighted by Gasteiger charge is -2.13. The molecule has 1 aromatic rings. The normalized spacial score (nSPS) is 16.8. The highest BCUT2D eigenvalue weighted by atomic mass is 127. The molecule has 0 aliphatic carbocycles. The van der Waals surface area contributed by atoms with Gasteiger partial charge in [0.1, 0.15) is 5.75 Å². The Labute approximate surface area is 174 Å². The molecule has 1 unspecified atom stereocenters. The van der Waals surface area contributed by atoms with E-state index in [4.69, 9.17) is 14.2 Å². The van der Waals surface area contributed by atoms with Gasteiger partial charge in [-0.2, -0.15) is 0 Å². The lowest BCUT2D eigenvalue weighted by molar-refractivity contribution is 0.0420. The zero-order valence-corrected chi connectivity index (χ0v) is 18.2. The van der Waals surface area contributed by atoms with Crippen molar-refractivity contribution in [3.05, 3.63) is 29.8 Å². The monoisotopic (exact) mass is 477 g/mol. The second-order valence-corrected chi connectivity index (χ2v) is 6.09. The second-order valence-electron chi connectivity index (χ2n) is 6.09. The molecule has 148 valence electrons. The molecule has 7 heteroatoms. The zero-order valence-electron chi connectivity index (χ0n) is 15.8. The molecule has 0 aromatic heterocycles. The van der Waals surface area contributed by atoms with Crippen molar-refractivity contribution in [3.8, 4) is 5.75 Å². The van der Waals surface area contributed by atoms with Gasteiger partial charge in [0.05, 0.1) is 19.8 Å². The van der Waals surface area contributed by atoms with Crippen LogP contribution in [-0.2, 0) is 15.9 Å². The summed E-state index contributed by atoms with van der Waals surface area (Å²) in [6, 6.07) is 8.23. The molecule has 1 aliphatic rings. The molecular formula is C19H32IN3O3. The average Bonchev–Trinajstić information content (AvgIpc) is 3.17. The van der Waals surface area contributed by atoms with E-state index in [1.165, 1.54) is 5.56 Å². The van der Waals surface area contributed by atoms with Crippen molar-refractivity contribution in [1.82, 2.24) is 10.6 Å². The van der Waals surface area contributed by atoms with Gasteiger partial charge < -0.3 is 24.8 Å². The maximum Gasteiger partial charge on any atom is 0.190 e. The first kappa shape index (κ1) is 23.0. The molecule has 1 aromatic carbocycles. The predicted molar refractivity (Wildman–Crippen MR) is 116 cm³/mol. The largest absolute Gasteiger partial charge is 0.497 e. The minimum Gasteiger partial charge on any atom is -0.497 e. The van der Waals surface area contributed by atoms with Crippen molar-refractivity contribution < 1.29 is 14.2 Å². The van der Waals surface area contributed by atoms with E-state index in [9.17, 15) is 0 Å². The third kappa shape index (κ3) is 9.05. The Hall–Kier alpha value is -1.06. The van der Waals surface area contributed by atoms with Gasteiger partial charge in [-0.1, -0.05) is 12.1 Å². The van der Waals surface area contributed by atoms with E-state index < -0.39 is 0 Å². The highest BCUT2D eigenvalue weighted by Gasteiger charge is 2.15. The van der Waals surface area contributed by atoms with Gasteiger partial charge in [0.15, 0.2) is 5.96 Å². The Morgan fingerprint density at radius 3 is 2.54 bits per heavy atom. The molecule has 0 amide bonds. The molecule has 1 heterocycles. The fourth-order valence-electron chi connectivity index (χ4n) is 2.69. The third-order valence-electron chi connectivity index (χ3n) is 4.17. The highest BCUT2D eigenvalue weighted by Crippen LogP contribution is 2.12. The van der Waals surface area contributed by atoms with Crippen LogP contribution in [0.25, 0.3) is 0 Å². The molecule has 1 saturated heterocycles. The fourth-order valence-corrected chi connectivity index (χ4v) is 2.69. The van der Waals surface area contributed by atoms with E-state index in [1.807, 2.05) is 12.1 Å². The van der Waals surface area contributed by atoms with E-state index in [0.717, 1.165) is 70.3 Å². The number of halogens is 1. The van der Waals surface area contributed by atoms with E-state index in [-0.39, 0.29) is 30.1 Å². The van der Waals surface area contributed by atoms with Crippen LogP contribution in [0.15, 0.2) is 29.3 Å². The SMILES string of the molecule is CN=C(NCCCOC1CCOC1)NCCCc1ccc(OC)cc1.I. The maximum absolute atomic E-state index is 5.75. The molecule has 0 spiro atoms. The topological polar surface area (TPSA) is 64.1 Å². The van der Waals surface area contributed by atoms with Crippen LogP contribution in [-0.4, -0.2) is 59.1 Å². The molecule has 1 atom stereocenters. The van der Waals surface area contributed by atoms with Crippen LogP contribution in [0.4, 0.5) is 0 Å². The summed E-state index contributed by atoms with van der Waals surface area (Å²) >= 11 is 0. The minimum atomic E-state index is 0. The molecule has 6 nitrogen and oxygen atoms in total. The number of methoxy groups -OCH3 is 1. The van der Waals surface area contributed by atoms with Gasteiger partial charge in [-0.05, 0) is 43.4 Å². The van der Waals surface area contributed by atoms with Gasteiger partial charge >= 0.3 is 0 Å². The Balaban J connectivity index is 0.00000338. The second kappa shape index (κ2) is 14.1. The molecular weight excluding hydrogens is 445 g/mol. The van der Waals surface area contributed by atoms with Gasteiger partial charge in [0, 0.05) is 33.4 Å². The van der Waals surface area contributed by atoms with Crippen LogP contribution in [0, 0.1) is 0 Å². The van der Waals surface area contributed by atoms with Crippen LogP contribution in [0.1, 0.15) is 24.8 Å². The van der Waals surface area contributed by atoms with E-state index in [2.05, 4.69) is 27.8 Å². The number of nitrogens with zero attached hydrogens (tertiary/aromatic N) is 1. The quantitative estimate of drug-likeness (QED) is 0.235. The first-order valence-electron chi connectivity index (χ1n) is 9.08. The maximum atomic E-state index is 5.75. The Bertz CT molecular complexity index is 505. The number of nitrogens with one attached hydrogen (secondary N) is 2. The number of hydrogen-bond acceptors (Lipinski definition) is 4. The van der Waals surface area contributed by atoms with E-state index in [1.54, 1.807) is 14.2 Å². The van der Waals surface area contributed by atoms with Crippen molar-refractivity contribution >= 4 is 29.9 Å². The minimum absolute atomic E-state index is 0. The highest BCUT2D eigenvalue weighted by molar-refractivity contribution is 14.0. The van der Waals surface area contributed by atoms with Crippen LogP contribution in [0.3, 0.4) is 0 Å². The fraction of sp³-hybridized carbons (Fsp3) is 0.632. The summed E-state index contributed by atoms with van der Waals surface area (Å²) in [6.45, 7) is 4.07. The average molecular weight is 477 g/mol. The van der Waals surface area contributed by atoms with Gasteiger partial charge in [-0.15, -0.1) is 24.0 Å². The number of aliphatic imine (C=N–C) groups is 1. The molecule has 1 aliphatic heterocycles. The lowest BCUT2D eigenvalue weighted by atomic mass is 10.1. The van der Waals surface area contributed by atoms with Crippen molar-refractivity contribution in [2.24, 2.45) is 4.99 Å². The number of guanidine groups is 1. The van der Waals surface area contributed by atoms with Crippen LogP contribution in [0.2, 0.25) is 0 Å². The summed E-state index contributed by atoms with van der Waals surface area (Å²) in [5, 5.41) is 6.67. The number of benzene rings is 1. The summed E-state index contributed by atoms with van der Waals surface area (Å²) in [5.41, 5.74) is 1.32. The molecule has 0 radical (unpaired) electrons. The number of ether oxygens (including phenoxy) is 3. The van der Waals surface area contributed by atoms with Crippen molar-refractivity contribution in [1.29, 1.82) is 0 Å². The van der Waals surface area contributed by atoms with Gasteiger partial charge in [0.2, 0.25) is 0 Å². The Morgan fingerprint density at radius 2 is 1.92 bits per heavy atom. The first-order chi connectivity index (χ1) is 12.3. The summed E-state index contributed by atoms with van der Waals surface area (Å²) in [5.74, 6) is 1.75. The molecule has 0 saturated carbocycles. The summed E-state index contributed by atoms with van der Waals surface area (Å²) in [7, 11) is 3.48. The van der Waals surface area contributed by atoms with Gasteiger partial charge in [0.25, 0.3) is 0 Å². The van der Waals surface area contributed by atoms with Crippen molar-refractivity contribution in [2.75, 3.05) is 47.1 Å². The number of aryl methyl sites for hydroxylation is 1. The molecule has 26 heavy (non-hydrogen) atoms. The van der Waals surface area contributed by atoms with Crippen molar-refractivity contribution in [3.63, 3.8) is 0 Å². The molecule has 0 bridgehead atoms. The summed E-state index contributed by atoms with van der Waals surface area (Å²) < 4.78 is 16.2. The van der Waals surface area contributed by atoms with Crippen LogP contribution >= 0.6 is 24.0 Å². The Kier molecular flexibility index (Phi) is 12.4. The molecule has 2 N–H and O–H groups in total. The van der Waals surface area contributed by atoms with E-state index in [0.29, 0.717) is 0 Å². The Morgan fingerprint density at radius 1 is 1.19 bits per heavy atom. The van der Waals surface area contributed by atoms with E-state index >= 15 is 0 Å². The van der Waals surface area contributed by atoms with Gasteiger partial charge in [-0.3, -0.25) is 4.99 Å². The third-order valence-corrected chi connectivity index (χ3v) is 4.17. The number of rotatable bonds is 10. The van der Waals surface area contributed by atoms with Crippen molar-refractivity contribution in [2.45, 2.75) is 31.8 Å². The molecule has 2 rings (SSSR count). The summed E-state index contributed by atoms with van der Waals surface area (Å²) in [6.07, 6.45) is 4.35. The zero-order chi connectivity index (χ0) is 17.7. The molecule has 1 fully saturated rings. The predicted octanol–water partition coefficient (Wildman–Crippen LogP) is 2.61. The smallest absolute Gasteiger partial charge is 0.190 e. The first-order valence-corrected chi connectivity index (χ1v) is 9.08. The van der Waals surface area contributed by atoms with Crippen LogP contribution < -0.4 is 15.4 Å². The standard InChI is InChI=1S/C19H31N3O3.HI/c1-20-19(22-12-4-13-25-18-10-14-24-15-18)21-11-3-5-16-6-8-17(23-2)9-7-16;/h6-9,18H,3-5,10-15H2,1-2H3,(H2,20,21,22);1H. The number of hydrogen-bond donors (Lipinski definition) is 2. The van der Waals surface area contributed by atoms with Crippen LogP contribution in [0.5, 0.6) is 5.75 Å². The lowest BCUT2D eigenvalue weighted by Crippen LogP contribution is -2.38. The summed E-state index contributed by atoms with van der Waals surface area (Å²) in [4.78, 5) is 4.25.